The molecule has 0 spiro atoms. The smallest absolute Gasteiger partial charge is 0.325 e. The van der Waals surface area contributed by atoms with Gasteiger partial charge in [0.05, 0.1) is 7.11 Å². The van der Waals surface area contributed by atoms with Crippen molar-refractivity contribution >= 4 is 57.0 Å². The van der Waals surface area contributed by atoms with Gasteiger partial charge in [0.1, 0.15) is 29.3 Å². The number of benzene rings is 3. The van der Waals surface area contributed by atoms with Gasteiger partial charge in [0.25, 0.3) is 5.91 Å². The molecule has 3 aromatic rings. The number of nitrogens with zero attached hydrogens (tertiary/aromatic N) is 2. The lowest BCUT2D eigenvalue weighted by molar-refractivity contribution is -0.138. The number of amides is 4. The highest BCUT2D eigenvalue weighted by Gasteiger charge is 2.49. The number of carbonyl (C=O) groups is 3. The van der Waals surface area contributed by atoms with Crippen LogP contribution in [0.15, 0.2) is 65.1 Å². The standard InChI is InChI=1S/C27H24BrCl2N3O5/c1-27(17-5-8-21(37-3)9-6-17)25(35)33(26(36)31-27)15-24(34)32(2)14-16-4-7-18(28)10-23(16)38-22-12-19(29)11-20(30)13-22/h4-13H,14-15H2,1-3H3,(H,31,36). The van der Waals surface area contributed by atoms with Crippen LogP contribution in [0.5, 0.6) is 17.2 Å². The molecule has 1 saturated heterocycles. The van der Waals surface area contributed by atoms with Gasteiger partial charge in [-0.05, 0) is 55.0 Å². The topological polar surface area (TPSA) is 88.2 Å². The first-order valence-corrected chi connectivity index (χ1v) is 13.0. The van der Waals surface area contributed by atoms with Crippen LogP contribution in [-0.4, -0.2) is 48.3 Å². The zero-order chi connectivity index (χ0) is 27.6. The van der Waals surface area contributed by atoms with E-state index >= 15 is 0 Å². The maximum Gasteiger partial charge on any atom is 0.325 e. The summed E-state index contributed by atoms with van der Waals surface area (Å²) in [5.41, 5.74) is -0.0224. The first-order valence-electron chi connectivity index (χ1n) is 11.4. The molecule has 1 aliphatic heterocycles. The molecular weight excluding hydrogens is 597 g/mol. The monoisotopic (exact) mass is 619 g/mol. The second kappa shape index (κ2) is 11.2. The molecule has 1 unspecified atom stereocenters. The van der Waals surface area contributed by atoms with E-state index in [1.165, 1.54) is 4.90 Å². The van der Waals surface area contributed by atoms with Crippen molar-refractivity contribution in [2.45, 2.75) is 19.0 Å². The molecule has 0 aliphatic carbocycles. The number of hydrogen-bond acceptors (Lipinski definition) is 5. The van der Waals surface area contributed by atoms with Crippen LogP contribution in [-0.2, 0) is 21.7 Å². The van der Waals surface area contributed by atoms with Crippen molar-refractivity contribution in [3.05, 3.63) is 86.3 Å². The van der Waals surface area contributed by atoms with Crippen molar-refractivity contribution in [1.82, 2.24) is 15.1 Å². The van der Waals surface area contributed by atoms with Crippen LogP contribution in [0.2, 0.25) is 10.0 Å². The number of likely N-dealkylation sites (N-methyl/N-ethyl adjacent to an activating group) is 1. The summed E-state index contributed by atoms with van der Waals surface area (Å²) < 4.78 is 12.0. The van der Waals surface area contributed by atoms with Gasteiger partial charge >= 0.3 is 6.03 Å². The van der Waals surface area contributed by atoms with Gasteiger partial charge in [0.2, 0.25) is 5.91 Å². The van der Waals surface area contributed by atoms with Crippen LogP contribution in [0, 0.1) is 0 Å². The summed E-state index contributed by atoms with van der Waals surface area (Å²) in [4.78, 5) is 41.4. The number of rotatable bonds is 8. The minimum absolute atomic E-state index is 0.162. The Kier molecular flexibility index (Phi) is 8.20. The number of methoxy groups -OCH3 is 1. The maximum absolute atomic E-state index is 13.3. The number of hydrogen-bond donors (Lipinski definition) is 1. The summed E-state index contributed by atoms with van der Waals surface area (Å²) in [7, 11) is 3.13. The van der Waals surface area contributed by atoms with E-state index in [4.69, 9.17) is 32.7 Å². The molecule has 1 fully saturated rings. The molecule has 4 amide bonds. The van der Waals surface area contributed by atoms with E-state index < -0.39 is 29.9 Å². The number of urea groups is 1. The van der Waals surface area contributed by atoms with E-state index in [0.29, 0.717) is 38.4 Å². The lowest BCUT2D eigenvalue weighted by Crippen LogP contribution is -2.43. The van der Waals surface area contributed by atoms with Crippen molar-refractivity contribution in [2.75, 3.05) is 20.7 Å². The van der Waals surface area contributed by atoms with Gasteiger partial charge in [-0.1, -0.05) is 57.3 Å². The molecule has 4 rings (SSSR count). The highest BCUT2D eigenvalue weighted by atomic mass is 79.9. The largest absolute Gasteiger partial charge is 0.497 e. The molecule has 0 bridgehead atoms. The van der Waals surface area contributed by atoms with E-state index in [1.807, 2.05) is 12.1 Å². The van der Waals surface area contributed by atoms with Crippen LogP contribution in [0.4, 0.5) is 4.79 Å². The van der Waals surface area contributed by atoms with E-state index in [-0.39, 0.29) is 6.54 Å². The van der Waals surface area contributed by atoms with Gasteiger partial charge in [0, 0.05) is 33.7 Å². The summed E-state index contributed by atoms with van der Waals surface area (Å²) in [5.74, 6) is 0.608. The van der Waals surface area contributed by atoms with Gasteiger partial charge in [0.15, 0.2) is 0 Å². The van der Waals surface area contributed by atoms with Gasteiger partial charge in [-0.25, -0.2) is 4.79 Å². The maximum atomic E-state index is 13.3. The van der Waals surface area contributed by atoms with Crippen LogP contribution in [0.1, 0.15) is 18.1 Å². The van der Waals surface area contributed by atoms with Crippen LogP contribution >= 0.6 is 39.1 Å². The average molecular weight is 621 g/mol. The minimum atomic E-state index is -1.30. The fourth-order valence-electron chi connectivity index (χ4n) is 4.03. The molecule has 1 heterocycles. The lowest BCUT2D eigenvalue weighted by Gasteiger charge is -2.24. The normalized spacial score (nSPS) is 16.8. The fourth-order valence-corrected chi connectivity index (χ4v) is 4.87. The van der Waals surface area contributed by atoms with Gasteiger partial charge in [-0.2, -0.15) is 0 Å². The molecule has 11 heteroatoms. The first kappa shape index (κ1) is 27.8. The Labute approximate surface area is 238 Å². The molecule has 38 heavy (non-hydrogen) atoms. The Morgan fingerprint density at radius 1 is 1.03 bits per heavy atom. The molecule has 1 atom stereocenters. The number of ether oxygens (including phenoxy) is 2. The molecule has 0 aromatic heterocycles. The highest BCUT2D eigenvalue weighted by Crippen LogP contribution is 2.33. The Hall–Kier alpha value is -3.27. The van der Waals surface area contributed by atoms with Crippen LogP contribution in [0.25, 0.3) is 0 Å². The second-order valence-corrected chi connectivity index (χ2v) is 10.7. The van der Waals surface area contributed by atoms with Gasteiger partial charge in [-0.3, -0.25) is 14.5 Å². The number of carbonyl (C=O) groups excluding carboxylic acids is 3. The zero-order valence-corrected chi connectivity index (χ0v) is 23.9. The number of imide groups is 1. The third-order valence-corrected chi connectivity index (χ3v) is 7.09. The zero-order valence-electron chi connectivity index (χ0n) is 20.8. The SMILES string of the molecule is COc1ccc(C2(C)NC(=O)N(CC(=O)N(C)Cc3ccc(Br)cc3Oc3cc(Cl)cc(Cl)c3)C2=O)cc1. The predicted octanol–water partition coefficient (Wildman–Crippen LogP) is 5.98. The Morgan fingerprint density at radius 2 is 1.68 bits per heavy atom. The number of halogens is 3. The Morgan fingerprint density at radius 3 is 2.32 bits per heavy atom. The molecular formula is C27H24BrCl2N3O5. The average Bonchev–Trinajstić information content (AvgIpc) is 3.08. The summed E-state index contributed by atoms with van der Waals surface area (Å²) >= 11 is 15.6. The van der Waals surface area contributed by atoms with Crippen molar-refractivity contribution in [3.8, 4) is 17.2 Å². The van der Waals surface area contributed by atoms with E-state index in [9.17, 15) is 14.4 Å². The van der Waals surface area contributed by atoms with Crippen molar-refractivity contribution in [3.63, 3.8) is 0 Å². The number of nitrogens with one attached hydrogen (secondary N) is 1. The Balaban J connectivity index is 1.48. The summed E-state index contributed by atoms with van der Waals surface area (Å²) in [6.45, 7) is 1.36. The van der Waals surface area contributed by atoms with Crippen molar-refractivity contribution < 1.29 is 23.9 Å². The summed E-state index contributed by atoms with van der Waals surface area (Å²) in [6, 6.07) is 16.4. The second-order valence-electron chi connectivity index (χ2n) is 8.88. The Bertz CT molecular complexity index is 1380. The molecule has 0 saturated carbocycles. The van der Waals surface area contributed by atoms with Gasteiger partial charge in [-0.15, -0.1) is 0 Å². The third kappa shape index (κ3) is 5.90. The third-order valence-electron chi connectivity index (χ3n) is 6.16. The first-order chi connectivity index (χ1) is 18.0. The van der Waals surface area contributed by atoms with Crippen molar-refractivity contribution in [2.24, 2.45) is 0 Å². The van der Waals surface area contributed by atoms with Crippen LogP contribution in [0.3, 0.4) is 0 Å². The molecule has 0 radical (unpaired) electrons. The predicted molar refractivity (Wildman–Crippen MR) is 148 cm³/mol. The molecule has 8 nitrogen and oxygen atoms in total. The molecule has 3 aromatic carbocycles. The molecule has 198 valence electrons. The van der Waals surface area contributed by atoms with Crippen molar-refractivity contribution in [1.29, 1.82) is 0 Å². The van der Waals surface area contributed by atoms with E-state index in [1.54, 1.807) is 69.6 Å². The molecule has 1 N–H and O–H groups in total. The van der Waals surface area contributed by atoms with E-state index in [0.717, 1.165) is 9.37 Å². The fraction of sp³-hybridized carbons (Fsp3) is 0.222. The summed E-state index contributed by atoms with van der Waals surface area (Å²) in [5, 5.41) is 3.55. The van der Waals surface area contributed by atoms with Crippen LogP contribution < -0.4 is 14.8 Å². The quantitative estimate of drug-likeness (QED) is 0.313. The van der Waals surface area contributed by atoms with Gasteiger partial charge < -0.3 is 19.7 Å². The highest BCUT2D eigenvalue weighted by molar-refractivity contribution is 9.10. The lowest BCUT2D eigenvalue weighted by atomic mass is 9.92. The minimum Gasteiger partial charge on any atom is -0.497 e. The molecule has 1 aliphatic rings. The van der Waals surface area contributed by atoms with E-state index in [2.05, 4.69) is 21.2 Å². The summed E-state index contributed by atoms with van der Waals surface area (Å²) in [6.07, 6.45) is 0.